The topological polar surface area (TPSA) is 105 Å². The Hall–Kier alpha value is -2.31. The SMILES string of the molecule is Cn1nnnc1S(=O)(=O)N1CCC(C(C#N)c2ccccc2)CC1. The molecule has 24 heavy (non-hydrogen) atoms. The summed E-state index contributed by atoms with van der Waals surface area (Å²) < 4.78 is 27.7. The van der Waals surface area contributed by atoms with Crippen molar-refractivity contribution in [1.82, 2.24) is 24.5 Å². The van der Waals surface area contributed by atoms with E-state index in [1.807, 2.05) is 30.3 Å². The van der Waals surface area contributed by atoms with E-state index in [0.29, 0.717) is 25.9 Å². The molecule has 0 bridgehead atoms. The number of rotatable bonds is 4. The van der Waals surface area contributed by atoms with Crippen molar-refractivity contribution >= 4 is 10.0 Å². The first kappa shape index (κ1) is 16.5. The number of nitrogens with zero attached hydrogens (tertiary/aromatic N) is 6. The van der Waals surface area contributed by atoms with Gasteiger partial charge >= 0.3 is 0 Å². The third-order valence-corrected chi connectivity index (χ3v) is 6.27. The van der Waals surface area contributed by atoms with Gasteiger partial charge in [-0.3, -0.25) is 0 Å². The minimum absolute atomic E-state index is 0.140. The Labute approximate surface area is 140 Å². The lowest BCUT2D eigenvalue weighted by molar-refractivity contribution is 0.259. The standard InChI is InChI=1S/C15H18N6O2S/c1-20-15(17-18-19-20)24(22,23)21-9-7-13(8-10-21)14(11-16)12-5-3-2-4-6-12/h2-6,13-14H,7-10H2,1H3. The fourth-order valence-electron chi connectivity index (χ4n) is 3.12. The van der Waals surface area contributed by atoms with Crippen molar-refractivity contribution in [2.75, 3.05) is 13.1 Å². The molecule has 8 nitrogen and oxygen atoms in total. The van der Waals surface area contributed by atoms with Crippen molar-refractivity contribution in [3.63, 3.8) is 0 Å². The summed E-state index contributed by atoms with van der Waals surface area (Å²) in [5.41, 5.74) is 0.985. The van der Waals surface area contributed by atoms with Gasteiger partial charge in [0.2, 0.25) is 0 Å². The third-order valence-electron chi connectivity index (χ3n) is 4.42. The highest BCUT2D eigenvalue weighted by atomic mass is 32.2. The van der Waals surface area contributed by atoms with E-state index in [9.17, 15) is 13.7 Å². The summed E-state index contributed by atoms with van der Waals surface area (Å²) in [6, 6.07) is 12.0. The first-order valence-corrected chi connectivity index (χ1v) is 9.15. The van der Waals surface area contributed by atoms with Crippen molar-refractivity contribution in [1.29, 1.82) is 5.26 Å². The summed E-state index contributed by atoms with van der Waals surface area (Å²) in [4.78, 5) is 0. The van der Waals surface area contributed by atoms with E-state index < -0.39 is 10.0 Å². The zero-order valence-electron chi connectivity index (χ0n) is 13.3. The first-order chi connectivity index (χ1) is 11.5. The smallest absolute Gasteiger partial charge is 0.218 e. The molecule has 0 aliphatic carbocycles. The maximum Gasteiger partial charge on any atom is 0.282 e. The summed E-state index contributed by atoms with van der Waals surface area (Å²) in [5.74, 6) is -0.0750. The third kappa shape index (κ3) is 3.02. The zero-order chi connectivity index (χ0) is 17.2. The van der Waals surface area contributed by atoms with E-state index in [-0.39, 0.29) is 17.0 Å². The van der Waals surface area contributed by atoms with Crippen molar-refractivity contribution in [3.8, 4) is 6.07 Å². The molecule has 1 aliphatic rings. The Kier molecular flexibility index (Phi) is 4.59. The van der Waals surface area contributed by atoms with Crippen LogP contribution in [0.4, 0.5) is 0 Å². The number of hydrogen-bond donors (Lipinski definition) is 0. The molecule has 126 valence electrons. The number of sulfonamides is 1. The molecular formula is C15H18N6O2S. The highest BCUT2D eigenvalue weighted by molar-refractivity contribution is 7.89. The Morgan fingerprint density at radius 1 is 1.25 bits per heavy atom. The van der Waals surface area contributed by atoms with Crippen LogP contribution in [0, 0.1) is 17.2 Å². The fourth-order valence-corrected chi connectivity index (χ4v) is 4.55. The van der Waals surface area contributed by atoms with E-state index in [1.165, 1.54) is 11.4 Å². The Balaban J connectivity index is 1.72. The predicted octanol–water partition coefficient (Wildman–Crippen LogP) is 0.918. The van der Waals surface area contributed by atoms with E-state index >= 15 is 0 Å². The van der Waals surface area contributed by atoms with Crippen molar-refractivity contribution in [3.05, 3.63) is 35.9 Å². The van der Waals surface area contributed by atoms with Crippen LogP contribution >= 0.6 is 0 Å². The van der Waals surface area contributed by atoms with E-state index in [0.717, 1.165) is 10.2 Å². The maximum absolute atomic E-state index is 12.6. The average Bonchev–Trinajstić information content (AvgIpc) is 3.04. The Morgan fingerprint density at radius 3 is 2.46 bits per heavy atom. The van der Waals surface area contributed by atoms with E-state index in [4.69, 9.17) is 0 Å². The van der Waals surface area contributed by atoms with Crippen LogP contribution in [0.15, 0.2) is 35.5 Å². The van der Waals surface area contributed by atoms with Gasteiger partial charge in [0.1, 0.15) is 0 Å². The molecule has 9 heteroatoms. The van der Waals surface area contributed by atoms with Crippen LogP contribution in [0.1, 0.15) is 24.3 Å². The van der Waals surface area contributed by atoms with Gasteiger partial charge in [0.25, 0.3) is 15.2 Å². The van der Waals surface area contributed by atoms with Gasteiger partial charge in [-0.2, -0.15) is 9.57 Å². The number of tetrazole rings is 1. The lowest BCUT2D eigenvalue weighted by Crippen LogP contribution is -2.40. The maximum atomic E-state index is 12.6. The molecule has 0 N–H and O–H groups in total. The second-order valence-electron chi connectivity index (χ2n) is 5.84. The van der Waals surface area contributed by atoms with E-state index in [2.05, 4.69) is 21.6 Å². The molecule has 1 saturated heterocycles. The Bertz CT molecular complexity index is 834. The second kappa shape index (κ2) is 6.67. The largest absolute Gasteiger partial charge is 0.282 e. The quantitative estimate of drug-likeness (QED) is 0.815. The zero-order valence-corrected chi connectivity index (χ0v) is 14.1. The van der Waals surface area contributed by atoms with Gasteiger partial charge in [0.05, 0.1) is 12.0 Å². The molecule has 1 aromatic heterocycles. The number of aryl methyl sites for hydroxylation is 1. The monoisotopic (exact) mass is 346 g/mol. The van der Waals surface area contributed by atoms with Gasteiger partial charge in [-0.1, -0.05) is 35.4 Å². The number of nitriles is 1. The van der Waals surface area contributed by atoms with Gasteiger partial charge in [-0.15, -0.1) is 0 Å². The van der Waals surface area contributed by atoms with Crippen molar-refractivity contribution in [2.24, 2.45) is 13.0 Å². The molecule has 0 amide bonds. The molecule has 0 saturated carbocycles. The van der Waals surface area contributed by atoms with Gasteiger partial charge in [-0.25, -0.2) is 13.1 Å². The van der Waals surface area contributed by atoms with Crippen LogP contribution in [0.25, 0.3) is 0 Å². The molecule has 1 aromatic carbocycles. The van der Waals surface area contributed by atoms with Gasteiger partial charge in [0, 0.05) is 20.1 Å². The lowest BCUT2D eigenvalue weighted by Gasteiger charge is -2.32. The molecule has 1 atom stereocenters. The summed E-state index contributed by atoms with van der Waals surface area (Å²) in [6.07, 6.45) is 1.27. The number of aromatic nitrogens is 4. The van der Waals surface area contributed by atoms with Crippen LogP contribution in [0.2, 0.25) is 0 Å². The summed E-state index contributed by atoms with van der Waals surface area (Å²) in [6.45, 7) is 0.732. The van der Waals surface area contributed by atoms with Crippen LogP contribution in [-0.2, 0) is 17.1 Å². The number of hydrogen-bond acceptors (Lipinski definition) is 6. The molecule has 0 radical (unpaired) electrons. The fraction of sp³-hybridized carbons (Fsp3) is 0.467. The first-order valence-electron chi connectivity index (χ1n) is 7.71. The molecule has 0 spiro atoms. The van der Waals surface area contributed by atoms with Crippen LogP contribution in [-0.4, -0.2) is 46.0 Å². The van der Waals surface area contributed by atoms with Crippen LogP contribution < -0.4 is 0 Å². The molecule has 3 rings (SSSR count). The van der Waals surface area contributed by atoms with Gasteiger partial charge in [0.15, 0.2) is 0 Å². The molecule has 2 heterocycles. The van der Waals surface area contributed by atoms with Crippen LogP contribution in [0.3, 0.4) is 0 Å². The van der Waals surface area contributed by atoms with Crippen LogP contribution in [0.5, 0.6) is 0 Å². The molecule has 1 aliphatic heterocycles. The summed E-state index contributed by atoms with van der Waals surface area (Å²) >= 11 is 0. The molecular weight excluding hydrogens is 328 g/mol. The minimum atomic E-state index is -3.69. The highest BCUT2D eigenvalue weighted by Gasteiger charge is 2.35. The van der Waals surface area contributed by atoms with Crippen molar-refractivity contribution < 1.29 is 8.42 Å². The normalized spacial score (nSPS) is 18.2. The van der Waals surface area contributed by atoms with Gasteiger partial charge in [-0.05, 0) is 34.7 Å². The highest BCUT2D eigenvalue weighted by Crippen LogP contribution is 2.33. The Morgan fingerprint density at radius 2 is 1.92 bits per heavy atom. The van der Waals surface area contributed by atoms with E-state index in [1.54, 1.807) is 0 Å². The lowest BCUT2D eigenvalue weighted by atomic mass is 9.81. The predicted molar refractivity (Wildman–Crippen MR) is 85.1 cm³/mol. The van der Waals surface area contributed by atoms with Crippen molar-refractivity contribution in [2.45, 2.75) is 23.9 Å². The van der Waals surface area contributed by atoms with Gasteiger partial charge < -0.3 is 0 Å². The summed E-state index contributed by atoms with van der Waals surface area (Å²) in [5, 5.41) is 20.0. The average molecular weight is 346 g/mol. The number of piperidine rings is 1. The minimum Gasteiger partial charge on any atom is -0.218 e. The molecule has 2 aromatic rings. The summed E-state index contributed by atoms with van der Waals surface area (Å²) in [7, 11) is -2.19. The number of benzene rings is 1. The second-order valence-corrected chi connectivity index (χ2v) is 7.68. The molecule has 1 unspecified atom stereocenters. The molecule has 1 fully saturated rings.